The lowest BCUT2D eigenvalue weighted by molar-refractivity contribution is -0.143. The number of piperidine rings is 1. The molecule has 0 spiro atoms. The minimum atomic E-state index is -0.674. The minimum Gasteiger partial charge on any atom is -0.481 e. The van der Waals surface area contributed by atoms with E-state index in [1.807, 2.05) is 0 Å². The lowest BCUT2D eigenvalue weighted by atomic mass is 9.81. The van der Waals surface area contributed by atoms with Crippen molar-refractivity contribution in [2.45, 2.75) is 44.7 Å². The van der Waals surface area contributed by atoms with Crippen LogP contribution in [0.25, 0.3) is 0 Å². The average Bonchev–Trinajstić information content (AvgIpc) is 2.12. The molecule has 0 saturated carbocycles. The predicted molar refractivity (Wildman–Crippen MR) is 62.4 cm³/mol. The molecule has 2 aliphatic rings. The molecule has 0 bridgehead atoms. The third-order valence-corrected chi connectivity index (χ3v) is 4.14. The van der Waals surface area contributed by atoms with Crippen LogP contribution < -0.4 is 5.32 Å². The summed E-state index contributed by atoms with van der Waals surface area (Å²) in [4.78, 5) is 13.4. The molecule has 2 heterocycles. The van der Waals surface area contributed by atoms with Crippen LogP contribution in [0.3, 0.4) is 0 Å². The Morgan fingerprint density at radius 2 is 2.19 bits per heavy atom. The Morgan fingerprint density at radius 1 is 1.50 bits per heavy atom. The first-order chi connectivity index (χ1) is 7.53. The van der Waals surface area contributed by atoms with Crippen molar-refractivity contribution in [3.05, 3.63) is 0 Å². The zero-order valence-corrected chi connectivity index (χ0v) is 10.2. The predicted octanol–water partition coefficient (Wildman–Crippen LogP) is 0.923. The molecule has 2 saturated heterocycles. The van der Waals surface area contributed by atoms with Gasteiger partial charge in [0.05, 0.1) is 12.0 Å². The van der Waals surface area contributed by atoms with E-state index in [9.17, 15) is 4.79 Å². The zero-order valence-electron chi connectivity index (χ0n) is 10.2. The molecule has 0 aliphatic carbocycles. The molecule has 2 atom stereocenters. The van der Waals surface area contributed by atoms with Crippen LogP contribution in [0.1, 0.15) is 33.1 Å². The Hall–Kier alpha value is -0.610. The van der Waals surface area contributed by atoms with E-state index in [4.69, 9.17) is 5.11 Å². The maximum atomic E-state index is 11.0. The summed E-state index contributed by atoms with van der Waals surface area (Å²) in [7, 11) is 0. The second-order valence-corrected chi connectivity index (χ2v) is 5.57. The quantitative estimate of drug-likeness (QED) is 0.751. The van der Waals surface area contributed by atoms with Gasteiger partial charge in [0.2, 0.25) is 0 Å². The molecule has 0 aromatic carbocycles. The molecule has 2 fully saturated rings. The van der Waals surface area contributed by atoms with E-state index >= 15 is 0 Å². The highest BCUT2D eigenvalue weighted by atomic mass is 16.4. The van der Waals surface area contributed by atoms with Gasteiger partial charge in [0, 0.05) is 19.1 Å². The van der Waals surface area contributed by atoms with Crippen LogP contribution in [-0.4, -0.2) is 47.2 Å². The number of carboxylic acid groups (broad SMARTS) is 1. The van der Waals surface area contributed by atoms with Gasteiger partial charge in [-0.2, -0.15) is 0 Å². The fourth-order valence-electron chi connectivity index (χ4n) is 3.24. The highest BCUT2D eigenvalue weighted by molar-refractivity contribution is 5.69. The van der Waals surface area contributed by atoms with E-state index in [1.165, 1.54) is 12.8 Å². The summed E-state index contributed by atoms with van der Waals surface area (Å²) in [6, 6.07) is 0.519. The summed E-state index contributed by atoms with van der Waals surface area (Å²) < 4.78 is 0. The van der Waals surface area contributed by atoms with Crippen molar-refractivity contribution < 1.29 is 9.90 Å². The smallest absolute Gasteiger partial charge is 0.305 e. The van der Waals surface area contributed by atoms with Gasteiger partial charge in [-0.1, -0.05) is 6.92 Å². The number of nitrogens with zero attached hydrogens (tertiary/aromatic N) is 1. The Labute approximate surface area is 97.0 Å². The van der Waals surface area contributed by atoms with Gasteiger partial charge in [0.15, 0.2) is 0 Å². The normalized spacial score (nSPS) is 34.4. The molecule has 92 valence electrons. The summed E-state index contributed by atoms with van der Waals surface area (Å²) in [6.07, 6.45) is 2.67. The van der Waals surface area contributed by atoms with Crippen molar-refractivity contribution in [2.24, 2.45) is 5.92 Å². The number of hydrogen-bond acceptors (Lipinski definition) is 3. The zero-order chi connectivity index (χ0) is 11.8. The highest BCUT2D eigenvalue weighted by Crippen LogP contribution is 2.33. The number of hydrogen-bond donors (Lipinski definition) is 2. The summed E-state index contributed by atoms with van der Waals surface area (Å²) in [5.41, 5.74) is -0.106. The second kappa shape index (κ2) is 4.34. The first-order valence-electron chi connectivity index (χ1n) is 6.23. The molecule has 2 aliphatic heterocycles. The van der Waals surface area contributed by atoms with Gasteiger partial charge in [-0.15, -0.1) is 0 Å². The third kappa shape index (κ3) is 2.09. The van der Waals surface area contributed by atoms with Crippen molar-refractivity contribution in [3.63, 3.8) is 0 Å². The Bertz CT molecular complexity index is 276. The standard InChI is InChI=1S/C12H22N2O2/c1-9-3-4-14(10(2)5-9)12(6-11(15)16)7-13-8-12/h9-10,13H,3-8H2,1-2H3,(H,15,16). The van der Waals surface area contributed by atoms with E-state index in [0.29, 0.717) is 6.04 Å². The minimum absolute atomic E-state index is 0.106. The van der Waals surface area contributed by atoms with Crippen molar-refractivity contribution in [1.82, 2.24) is 10.2 Å². The summed E-state index contributed by atoms with van der Waals surface area (Å²) in [6.45, 7) is 7.24. The molecule has 0 aromatic heterocycles. The number of nitrogens with one attached hydrogen (secondary N) is 1. The molecule has 4 heteroatoms. The van der Waals surface area contributed by atoms with Gasteiger partial charge in [0.25, 0.3) is 0 Å². The van der Waals surface area contributed by atoms with E-state index in [0.717, 1.165) is 25.6 Å². The maximum Gasteiger partial charge on any atom is 0.305 e. The topological polar surface area (TPSA) is 52.6 Å². The van der Waals surface area contributed by atoms with Crippen molar-refractivity contribution in [2.75, 3.05) is 19.6 Å². The number of aliphatic carboxylic acids is 1. The molecule has 16 heavy (non-hydrogen) atoms. The molecule has 0 amide bonds. The molecule has 2 rings (SSSR count). The van der Waals surface area contributed by atoms with E-state index in [1.54, 1.807) is 0 Å². The Morgan fingerprint density at radius 3 is 2.62 bits per heavy atom. The van der Waals surface area contributed by atoms with E-state index in [2.05, 4.69) is 24.1 Å². The highest BCUT2D eigenvalue weighted by Gasteiger charge is 2.47. The van der Waals surface area contributed by atoms with E-state index < -0.39 is 5.97 Å². The van der Waals surface area contributed by atoms with Crippen molar-refractivity contribution >= 4 is 5.97 Å². The average molecular weight is 226 g/mol. The first kappa shape index (κ1) is 11.9. The molecule has 4 nitrogen and oxygen atoms in total. The molecular formula is C12H22N2O2. The molecule has 2 unspecified atom stereocenters. The summed E-state index contributed by atoms with van der Waals surface area (Å²) in [5.74, 6) is 0.105. The second-order valence-electron chi connectivity index (χ2n) is 5.57. The Kier molecular flexibility index (Phi) is 3.22. The summed E-state index contributed by atoms with van der Waals surface area (Å²) in [5, 5.41) is 12.3. The number of carbonyl (C=O) groups is 1. The van der Waals surface area contributed by atoms with Crippen molar-refractivity contribution in [3.8, 4) is 0 Å². The van der Waals surface area contributed by atoms with Crippen LogP contribution in [0.4, 0.5) is 0 Å². The number of rotatable bonds is 3. The molecule has 2 N–H and O–H groups in total. The monoisotopic (exact) mass is 226 g/mol. The van der Waals surface area contributed by atoms with Gasteiger partial charge in [-0.25, -0.2) is 0 Å². The Balaban J connectivity index is 2.06. The maximum absolute atomic E-state index is 11.0. The van der Waals surface area contributed by atoms with Crippen LogP contribution in [0.5, 0.6) is 0 Å². The van der Waals surface area contributed by atoms with Gasteiger partial charge >= 0.3 is 5.97 Å². The van der Waals surface area contributed by atoms with Crippen LogP contribution in [0, 0.1) is 5.92 Å². The fourth-order valence-corrected chi connectivity index (χ4v) is 3.24. The van der Waals surface area contributed by atoms with Gasteiger partial charge in [-0.05, 0) is 32.2 Å². The third-order valence-electron chi connectivity index (χ3n) is 4.14. The lowest BCUT2D eigenvalue weighted by Gasteiger charge is -2.54. The van der Waals surface area contributed by atoms with Gasteiger partial charge in [0.1, 0.15) is 0 Å². The van der Waals surface area contributed by atoms with Crippen LogP contribution in [0.2, 0.25) is 0 Å². The molecule has 0 radical (unpaired) electrons. The van der Waals surface area contributed by atoms with Crippen LogP contribution in [-0.2, 0) is 4.79 Å². The molecular weight excluding hydrogens is 204 g/mol. The number of likely N-dealkylation sites (tertiary alicyclic amines) is 1. The SMILES string of the molecule is CC1CCN(C2(CC(=O)O)CNC2)C(C)C1. The first-order valence-corrected chi connectivity index (χ1v) is 6.23. The summed E-state index contributed by atoms with van der Waals surface area (Å²) >= 11 is 0. The van der Waals surface area contributed by atoms with Crippen LogP contribution in [0.15, 0.2) is 0 Å². The van der Waals surface area contributed by atoms with Gasteiger partial charge < -0.3 is 10.4 Å². The number of carboxylic acids is 1. The van der Waals surface area contributed by atoms with Crippen molar-refractivity contribution in [1.29, 1.82) is 0 Å². The fraction of sp³-hybridized carbons (Fsp3) is 0.917. The van der Waals surface area contributed by atoms with Gasteiger partial charge in [-0.3, -0.25) is 9.69 Å². The largest absolute Gasteiger partial charge is 0.481 e. The lowest BCUT2D eigenvalue weighted by Crippen LogP contribution is -2.72. The molecule has 0 aromatic rings. The van der Waals surface area contributed by atoms with E-state index in [-0.39, 0.29) is 12.0 Å². The van der Waals surface area contributed by atoms with Crippen LogP contribution >= 0.6 is 0 Å².